The number of hydrogen-bond acceptors (Lipinski definition) is 0. The molecule has 0 saturated heterocycles. The molecule has 0 N–H and O–H groups in total. The van der Waals surface area contributed by atoms with Crippen molar-refractivity contribution in [3.05, 3.63) is 41.2 Å². The molecule has 0 saturated carbocycles. The van der Waals surface area contributed by atoms with Crippen molar-refractivity contribution in [3.8, 4) is 0 Å². The minimum Gasteiger partial charge on any atom is -0.205 e. The predicted octanol–water partition coefficient (Wildman–Crippen LogP) is 3.89. The van der Waals surface area contributed by atoms with E-state index < -0.39 is 5.82 Å². The van der Waals surface area contributed by atoms with E-state index in [4.69, 9.17) is 11.6 Å². The maximum atomic E-state index is 12.9. The maximum absolute atomic E-state index is 12.9. The Labute approximate surface area is 84.2 Å². The Hall–Kier alpha value is -0.340. The second-order valence-electron chi connectivity index (χ2n) is 2.34. The predicted molar refractivity (Wildman–Crippen MR) is 54.2 cm³/mol. The zero-order valence-corrected chi connectivity index (χ0v) is 8.62. The summed E-state index contributed by atoms with van der Waals surface area (Å²) in [6, 6.07) is 4.69. The van der Waals surface area contributed by atoms with Gasteiger partial charge >= 0.3 is 0 Å². The summed E-state index contributed by atoms with van der Waals surface area (Å²) in [6.45, 7) is 3.75. The molecule has 64 valence electrons. The summed E-state index contributed by atoms with van der Waals surface area (Å²) in [4.78, 5) is 0. The molecule has 0 fully saturated rings. The third-order valence-electron chi connectivity index (χ3n) is 1.49. The molecule has 12 heavy (non-hydrogen) atoms. The van der Waals surface area contributed by atoms with Crippen molar-refractivity contribution in [1.82, 2.24) is 0 Å². The summed E-state index contributed by atoms with van der Waals surface area (Å²) in [7, 11) is 0. The Balaban J connectivity index is 3.16. The second-order valence-corrected chi connectivity index (χ2v) is 3.28. The lowest BCUT2D eigenvalue weighted by Gasteiger charge is -2.04. The van der Waals surface area contributed by atoms with Crippen molar-refractivity contribution in [1.29, 1.82) is 0 Å². The van der Waals surface area contributed by atoms with E-state index in [1.54, 1.807) is 12.1 Å². The molecule has 1 aromatic carbocycles. The zero-order valence-electron chi connectivity index (χ0n) is 6.28. The normalized spacial score (nSPS) is 9.92. The Bertz CT molecular complexity index is 309. The van der Waals surface area contributed by atoms with Crippen LogP contribution in [-0.4, -0.2) is 5.33 Å². The number of benzene rings is 1. The van der Waals surface area contributed by atoms with Gasteiger partial charge in [0, 0.05) is 5.33 Å². The van der Waals surface area contributed by atoms with E-state index in [0.717, 1.165) is 5.57 Å². The zero-order chi connectivity index (χ0) is 9.14. The number of alkyl halides is 1. The summed E-state index contributed by atoms with van der Waals surface area (Å²) in [5.74, 6) is -0.406. The first-order valence-corrected chi connectivity index (χ1v) is 4.85. The van der Waals surface area contributed by atoms with Gasteiger partial charge in [-0.05, 0) is 17.2 Å². The fraction of sp³-hybridized carbons (Fsp3) is 0.111. The van der Waals surface area contributed by atoms with Crippen LogP contribution in [-0.2, 0) is 0 Å². The number of rotatable bonds is 2. The standard InChI is InChI=1S/C9H7BrClF/c1-6(5-10)7-3-2-4-8(12)9(7)11/h2-4H,1,5H2. The van der Waals surface area contributed by atoms with Crippen molar-refractivity contribution in [2.45, 2.75) is 0 Å². The summed E-state index contributed by atoms with van der Waals surface area (Å²) >= 11 is 8.94. The molecule has 1 rings (SSSR count). The van der Waals surface area contributed by atoms with Crippen LogP contribution in [0.15, 0.2) is 24.8 Å². The second kappa shape index (κ2) is 4.06. The fourth-order valence-electron chi connectivity index (χ4n) is 0.849. The molecule has 0 aliphatic rings. The van der Waals surface area contributed by atoms with E-state index in [2.05, 4.69) is 22.5 Å². The van der Waals surface area contributed by atoms with Gasteiger partial charge in [-0.3, -0.25) is 0 Å². The van der Waals surface area contributed by atoms with Gasteiger partial charge in [0.25, 0.3) is 0 Å². The summed E-state index contributed by atoms with van der Waals surface area (Å²) in [5.41, 5.74) is 1.44. The fourth-order valence-corrected chi connectivity index (χ4v) is 1.41. The van der Waals surface area contributed by atoms with Crippen LogP contribution >= 0.6 is 27.5 Å². The first-order valence-electron chi connectivity index (χ1n) is 3.35. The molecule has 3 heteroatoms. The van der Waals surface area contributed by atoms with Gasteiger partial charge in [-0.25, -0.2) is 4.39 Å². The average molecular weight is 250 g/mol. The van der Waals surface area contributed by atoms with Crippen LogP contribution in [0.3, 0.4) is 0 Å². The van der Waals surface area contributed by atoms with E-state index in [1.807, 2.05) is 0 Å². The highest BCUT2D eigenvalue weighted by Crippen LogP contribution is 2.26. The van der Waals surface area contributed by atoms with E-state index in [1.165, 1.54) is 6.07 Å². The van der Waals surface area contributed by atoms with Gasteiger partial charge in [0.1, 0.15) is 5.82 Å². The van der Waals surface area contributed by atoms with Crippen molar-refractivity contribution < 1.29 is 4.39 Å². The van der Waals surface area contributed by atoms with Gasteiger partial charge in [-0.15, -0.1) is 0 Å². The molecule has 0 aliphatic carbocycles. The highest BCUT2D eigenvalue weighted by Gasteiger charge is 2.06. The van der Waals surface area contributed by atoms with E-state index >= 15 is 0 Å². The van der Waals surface area contributed by atoms with E-state index in [0.29, 0.717) is 10.9 Å². The molecule has 0 bridgehead atoms. The van der Waals surface area contributed by atoms with Crippen molar-refractivity contribution in [3.63, 3.8) is 0 Å². The highest BCUT2D eigenvalue weighted by molar-refractivity contribution is 9.09. The Morgan fingerprint density at radius 1 is 1.58 bits per heavy atom. The topological polar surface area (TPSA) is 0 Å². The Kier molecular flexibility index (Phi) is 3.29. The van der Waals surface area contributed by atoms with Crippen molar-refractivity contribution >= 4 is 33.1 Å². The van der Waals surface area contributed by atoms with Gasteiger partial charge < -0.3 is 0 Å². The highest BCUT2D eigenvalue weighted by atomic mass is 79.9. The van der Waals surface area contributed by atoms with Crippen molar-refractivity contribution in [2.24, 2.45) is 0 Å². The summed E-state index contributed by atoms with van der Waals surface area (Å²) in [5, 5.41) is 0.734. The van der Waals surface area contributed by atoms with Crippen LogP contribution in [0.25, 0.3) is 5.57 Å². The van der Waals surface area contributed by atoms with Gasteiger partial charge in [0.2, 0.25) is 0 Å². The summed E-state index contributed by atoms with van der Waals surface area (Å²) < 4.78 is 12.9. The van der Waals surface area contributed by atoms with Crippen LogP contribution in [0.4, 0.5) is 4.39 Å². The quantitative estimate of drug-likeness (QED) is 0.698. The lowest BCUT2D eigenvalue weighted by atomic mass is 10.1. The van der Waals surface area contributed by atoms with Crippen LogP contribution in [0.2, 0.25) is 5.02 Å². The van der Waals surface area contributed by atoms with E-state index in [-0.39, 0.29) is 5.02 Å². The number of allylic oxidation sites excluding steroid dienone is 1. The molecular formula is C9H7BrClF. The van der Waals surface area contributed by atoms with Crippen LogP contribution in [0.1, 0.15) is 5.56 Å². The third kappa shape index (κ3) is 1.87. The van der Waals surface area contributed by atoms with Gasteiger partial charge in [0.05, 0.1) is 5.02 Å². The molecule has 0 unspecified atom stereocenters. The number of halogens is 3. The molecule has 0 aliphatic heterocycles. The SMILES string of the molecule is C=C(CBr)c1cccc(F)c1Cl. The summed E-state index contributed by atoms with van der Waals surface area (Å²) in [6.07, 6.45) is 0. The molecule has 0 atom stereocenters. The smallest absolute Gasteiger partial charge is 0.142 e. The van der Waals surface area contributed by atoms with Gasteiger partial charge in [-0.2, -0.15) is 0 Å². The van der Waals surface area contributed by atoms with Gasteiger partial charge in [0.15, 0.2) is 0 Å². The molecule has 0 amide bonds. The molecule has 0 nitrogen and oxygen atoms in total. The first-order chi connectivity index (χ1) is 5.66. The minimum atomic E-state index is -0.406. The molecular weight excluding hydrogens is 242 g/mol. The van der Waals surface area contributed by atoms with E-state index in [9.17, 15) is 4.39 Å². The first kappa shape index (κ1) is 9.75. The Morgan fingerprint density at radius 2 is 2.25 bits per heavy atom. The van der Waals surface area contributed by atoms with Crippen LogP contribution in [0, 0.1) is 5.82 Å². The third-order valence-corrected chi connectivity index (χ3v) is 2.55. The van der Waals surface area contributed by atoms with Crippen molar-refractivity contribution in [2.75, 3.05) is 5.33 Å². The lowest BCUT2D eigenvalue weighted by molar-refractivity contribution is 0.628. The Morgan fingerprint density at radius 3 is 2.83 bits per heavy atom. The maximum Gasteiger partial charge on any atom is 0.142 e. The molecule has 0 radical (unpaired) electrons. The average Bonchev–Trinajstić information content (AvgIpc) is 2.08. The molecule has 1 aromatic rings. The minimum absolute atomic E-state index is 0.141. The van der Waals surface area contributed by atoms with Crippen LogP contribution in [0.5, 0.6) is 0 Å². The lowest BCUT2D eigenvalue weighted by Crippen LogP contribution is -1.87. The van der Waals surface area contributed by atoms with Gasteiger partial charge in [-0.1, -0.05) is 46.2 Å². The monoisotopic (exact) mass is 248 g/mol. The largest absolute Gasteiger partial charge is 0.205 e. The number of hydrogen-bond donors (Lipinski definition) is 0. The molecule has 0 heterocycles. The molecule has 0 spiro atoms. The molecule has 0 aromatic heterocycles. The van der Waals surface area contributed by atoms with Crippen LogP contribution < -0.4 is 0 Å².